The summed E-state index contributed by atoms with van der Waals surface area (Å²) in [5.74, 6) is -4.74. The molecule has 0 N–H and O–H groups in total. The number of nitriles is 4. The third-order valence-corrected chi connectivity index (χ3v) is 15.3. The van der Waals surface area contributed by atoms with Crippen molar-refractivity contribution in [3.05, 3.63) is 185 Å². The summed E-state index contributed by atoms with van der Waals surface area (Å²) in [6, 6.07) is 31.8. The van der Waals surface area contributed by atoms with Gasteiger partial charge in [0.2, 0.25) is 5.41 Å². The fraction of sp³-hybridized carbons (Fsp3) is 0.0588. The van der Waals surface area contributed by atoms with E-state index in [1.54, 1.807) is 72.8 Å². The highest BCUT2D eigenvalue weighted by Crippen LogP contribution is 2.57. The van der Waals surface area contributed by atoms with Gasteiger partial charge in [-0.25, -0.2) is 0 Å². The van der Waals surface area contributed by atoms with Gasteiger partial charge < -0.3 is 9.47 Å². The van der Waals surface area contributed by atoms with E-state index >= 15 is 9.59 Å². The lowest BCUT2D eigenvalue weighted by atomic mass is 9.76. The standard InChI is InChI=1S/C51H22N4O8S3/c52-19-27-11-33-34(12-28(27)20-53)43(57)37(42(33)56)15-31-16-39-41(51(31,49(60)62-23-25-7-3-1-4-8-25)50(61)63-24-26-9-5-2-6-10-26)47-48(65-39)46-40(66-47)18-32(64-46)17-38-44(58)35-13-29(21-54)30(22-55)14-36(35)45(38)59/h1-18H,23-24H2. The first-order chi connectivity index (χ1) is 32.0. The molecule has 15 heteroatoms. The van der Waals surface area contributed by atoms with Crippen molar-refractivity contribution in [2.75, 3.05) is 0 Å². The molecule has 3 aliphatic carbocycles. The maximum atomic E-state index is 15.1. The highest BCUT2D eigenvalue weighted by Gasteiger charge is 2.59. The maximum absolute atomic E-state index is 15.1. The molecule has 0 aliphatic heterocycles. The van der Waals surface area contributed by atoms with Crippen molar-refractivity contribution in [1.29, 1.82) is 21.0 Å². The normalized spacial score (nSPS) is 14.2. The minimum Gasteiger partial charge on any atom is -0.459 e. The predicted octanol–water partition coefficient (Wildman–Crippen LogP) is 9.25. The van der Waals surface area contributed by atoms with E-state index in [4.69, 9.17) is 9.47 Å². The Balaban J connectivity index is 1.13. The van der Waals surface area contributed by atoms with Crippen LogP contribution in [0.4, 0.5) is 0 Å². The molecule has 3 aromatic heterocycles. The summed E-state index contributed by atoms with van der Waals surface area (Å²) in [4.78, 5) is 86.4. The number of ether oxygens (including phenoxy) is 2. The quantitative estimate of drug-likeness (QED) is 0.0603. The first kappa shape index (κ1) is 41.3. The zero-order valence-electron chi connectivity index (χ0n) is 33.6. The van der Waals surface area contributed by atoms with E-state index in [0.717, 1.165) is 4.70 Å². The highest BCUT2D eigenvalue weighted by molar-refractivity contribution is 7.39. The number of fused-ring (bicyclic) bond motifs is 7. The van der Waals surface area contributed by atoms with Gasteiger partial charge in [0.15, 0.2) is 23.1 Å². The Hall–Kier alpha value is -8.70. The number of allylic oxidation sites excluding steroid dienone is 3. The number of esters is 2. The van der Waals surface area contributed by atoms with Gasteiger partial charge >= 0.3 is 11.9 Å². The molecule has 10 rings (SSSR count). The number of thiophene rings is 3. The SMILES string of the molecule is N#Cc1cc2c(cc1C#N)C(=O)C(=CC1=Cc3sc4c(sc5cc(C=C6C(=O)c7cc(C#N)c(C#N)cc7C6=O)sc54)c3C1(C(=O)OCc1ccccc1)C(=O)OCc1ccccc1)C2=O. The lowest BCUT2D eigenvalue weighted by molar-refractivity contribution is -0.164. The van der Waals surface area contributed by atoms with Crippen molar-refractivity contribution >= 4 is 100 Å². The molecule has 0 saturated carbocycles. The second kappa shape index (κ2) is 15.8. The third-order valence-electron chi connectivity index (χ3n) is 11.5. The smallest absolute Gasteiger partial charge is 0.333 e. The fourth-order valence-electron chi connectivity index (χ4n) is 8.34. The molecule has 66 heavy (non-hydrogen) atoms. The molecule has 4 aromatic carbocycles. The Labute approximate surface area is 385 Å². The molecule has 0 spiro atoms. The second-order valence-corrected chi connectivity index (χ2v) is 18.4. The van der Waals surface area contributed by atoms with Gasteiger partial charge in [0.25, 0.3) is 0 Å². The van der Waals surface area contributed by atoms with Crippen LogP contribution in [-0.2, 0) is 37.7 Å². The van der Waals surface area contributed by atoms with Crippen molar-refractivity contribution in [1.82, 2.24) is 0 Å². The van der Waals surface area contributed by atoms with Crippen molar-refractivity contribution in [3.63, 3.8) is 0 Å². The van der Waals surface area contributed by atoms with Crippen LogP contribution in [-0.4, -0.2) is 35.1 Å². The molecule has 7 aromatic rings. The maximum Gasteiger partial charge on any atom is 0.333 e. The van der Waals surface area contributed by atoms with Gasteiger partial charge in [-0.05, 0) is 65.3 Å². The van der Waals surface area contributed by atoms with Crippen LogP contribution in [0, 0.1) is 45.3 Å². The molecule has 3 heterocycles. The molecular formula is C51H22N4O8S3. The van der Waals surface area contributed by atoms with Crippen molar-refractivity contribution in [2.45, 2.75) is 18.6 Å². The van der Waals surface area contributed by atoms with E-state index in [-0.39, 0.29) is 74.4 Å². The molecule has 0 radical (unpaired) electrons. The number of carbonyl (C=O) groups excluding carboxylic acids is 6. The van der Waals surface area contributed by atoms with Gasteiger partial charge in [-0.15, -0.1) is 34.0 Å². The van der Waals surface area contributed by atoms with E-state index in [1.165, 1.54) is 70.4 Å². The second-order valence-electron chi connectivity index (χ2n) is 15.2. The van der Waals surface area contributed by atoms with Gasteiger partial charge in [0, 0.05) is 42.3 Å². The highest BCUT2D eigenvalue weighted by atomic mass is 32.1. The van der Waals surface area contributed by atoms with Crippen LogP contribution in [0.1, 0.15) is 90.1 Å². The number of rotatable bonds is 8. The van der Waals surface area contributed by atoms with Gasteiger partial charge in [-0.3, -0.25) is 28.8 Å². The van der Waals surface area contributed by atoms with Crippen LogP contribution in [0.3, 0.4) is 0 Å². The Bertz CT molecular complexity index is 3540. The van der Waals surface area contributed by atoms with Crippen molar-refractivity contribution in [3.8, 4) is 24.3 Å². The number of Topliss-reactive ketones (excluding diaryl/α,β-unsaturated/α-hetero) is 4. The van der Waals surface area contributed by atoms with Crippen LogP contribution < -0.4 is 0 Å². The fourth-order valence-corrected chi connectivity index (χ4v) is 12.6. The van der Waals surface area contributed by atoms with Crippen LogP contribution in [0.15, 0.2) is 114 Å². The minimum absolute atomic E-state index is 0.0179. The number of benzene rings is 4. The van der Waals surface area contributed by atoms with Gasteiger partial charge in [0.1, 0.15) is 37.5 Å². The van der Waals surface area contributed by atoms with E-state index in [2.05, 4.69) is 0 Å². The predicted molar refractivity (Wildman–Crippen MR) is 242 cm³/mol. The lowest BCUT2D eigenvalue weighted by Crippen LogP contribution is -2.46. The molecule has 12 nitrogen and oxygen atoms in total. The molecule has 3 aliphatic rings. The average Bonchev–Trinajstić information content (AvgIpc) is 4.16. The average molecular weight is 915 g/mol. The van der Waals surface area contributed by atoms with Crippen molar-refractivity contribution in [2.24, 2.45) is 0 Å². The minimum atomic E-state index is -2.38. The molecule has 0 fully saturated rings. The molecule has 312 valence electrons. The van der Waals surface area contributed by atoms with Gasteiger partial charge in [-0.2, -0.15) is 21.0 Å². The summed E-state index contributed by atoms with van der Waals surface area (Å²) in [5, 5.41) is 38.4. The molecule has 0 bridgehead atoms. The van der Waals surface area contributed by atoms with E-state index in [1.807, 2.05) is 24.3 Å². The Morgan fingerprint density at radius 3 is 1.42 bits per heavy atom. The summed E-state index contributed by atoms with van der Waals surface area (Å²) >= 11 is 3.76. The Morgan fingerprint density at radius 2 is 0.985 bits per heavy atom. The first-order valence-electron chi connectivity index (χ1n) is 19.7. The number of hydrogen-bond acceptors (Lipinski definition) is 15. The largest absolute Gasteiger partial charge is 0.459 e. The topological polar surface area (TPSA) is 216 Å². The number of hydrogen-bond donors (Lipinski definition) is 0. The van der Waals surface area contributed by atoms with E-state index in [0.29, 0.717) is 35.0 Å². The first-order valence-corrected chi connectivity index (χ1v) is 22.2. The van der Waals surface area contributed by atoms with Gasteiger partial charge in [-0.1, -0.05) is 60.7 Å². The van der Waals surface area contributed by atoms with E-state index in [9.17, 15) is 40.2 Å². The monoisotopic (exact) mass is 914 g/mol. The molecular weight excluding hydrogens is 893 g/mol. The van der Waals surface area contributed by atoms with Crippen LogP contribution in [0.25, 0.3) is 31.0 Å². The summed E-state index contributed by atoms with van der Waals surface area (Å²) in [7, 11) is 0. The van der Waals surface area contributed by atoms with Crippen LogP contribution in [0.5, 0.6) is 0 Å². The number of carbonyl (C=O) groups is 6. The lowest BCUT2D eigenvalue weighted by Gasteiger charge is -2.28. The molecule has 0 atom stereocenters. The molecule has 0 saturated heterocycles. The van der Waals surface area contributed by atoms with Crippen LogP contribution >= 0.6 is 34.0 Å². The molecule has 0 unspecified atom stereocenters. The summed E-state index contributed by atoms with van der Waals surface area (Å²) in [6.07, 6.45) is 4.22. The van der Waals surface area contributed by atoms with Gasteiger partial charge in [0.05, 0.1) is 47.5 Å². The Morgan fingerprint density at radius 1 is 0.545 bits per heavy atom. The van der Waals surface area contributed by atoms with Crippen LogP contribution in [0.2, 0.25) is 0 Å². The summed E-state index contributed by atoms with van der Waals surface area (Å²) in [6.45, 7) is -0.489. The van der Waals surface area contributed by atoms with E-state index < -0.39 is 46.1 Å². The Kier molecular flexibility index (Phi) is 9.91. The van der Waals surface area contributed by atoms with Crippen molar-refractivity contribution < 1.29 is 38.2 Å². The number of nitrogens with zero attached hydrogens (tertiary/aromatic N) is 4. The zero-order chi connectivity index (χ0) is 46.0. The summed E-state index contributed by atoms with van der Waals surface area (Å²) < 4.78 is 14.6. The number of ketones is 4. The zero-order valence-corrected chi connectivity index (χ0v) is 36.0. The third kappa shape index (κ3) is 6.27. The summed E-state index contributed by atoms with van der Waals surface area (Å²) in [5.41, 5.74) is -1.88. The molecule has 0 amide bonds.